The van der Waals surface area contributed by atoms with E-state index in [0.717, 1.165) is 18.2 Å². The maximum atomic E-state index is 13.3. The second kappa shape index (κ2) is 7.95. The van der Waals surface area contributed by atoms with E-state index >= 15 is 0 Å². The minimum Gasteiger partial charge on any atom is -0.280 e. The summed E-state index contributed by atoms with van der Waals surface area (Å²) in [5.41, 5.74) is -0.185. The van der Waals surface area contributed by atoms with Crippen molar-refractivity contribution in [3.8, 4) is 0 Å². The highest BCUT2D eigenvalue weighted by Gasteiger charge is 2.19. The number of halogens is 4. The zero-order chi connectivity index (χ0) is 22.1. The summed E-state index contributed by atoms with van der Waals surface area (Å²) >= 11 is 0. The summed E-state index contributed by atoms with van der Waals surface area (Å²) < 4.78 is 106. The van der Waals surface area contributed by atoms with Crippen LogP contribution >= 0.6 is 0 Å². The van der Waals surface area contributed by atoms with Crippen molar-refractivity contribution in [1.29, 1.82) is 0 Å². The molecule has 0 aliphatic carbocycles. The number of sulfonamides is 2. The highest BCUT2D eigenvalue weighted by atomic mass is 32.2. The quantitative estimate of drug-likeness (QED) is 0.547. The Morgan fingerprint density at radius 3 is 1.30 bits per heavy atom. The van der Waals surface area contributed by atoms with Crippen molar-refractivity contribution in [2.24, 2.45) is 0 Å². The predicted octanol–water partition coefficient (Wildman–Crippen LogP) is 3.84. The summed E-state index contributed by atoms with van der Waals surface area (Å²) in [4.78, 5) is -1.09. The number of anilines is 2. The highest BCUT2D eigenvalue weighted by molar-refractivity contribution is 7.93. The van der Waals surface area contributed by atoms with Gasteiger partial charge in [0.15, 0.2) is 23.3 Å². The third kappa shape index (κ3) is 4.71. The molecule has 0 spiro atoms. The Labute approximate surface area is 169 Å². The van der Waals surface area contributed by atoms with Gasteiger partial charge in [0.25, 0.3) is 20.0 Å². The molecule has 3 aromatic rings. The number of rotatable bonds is 6. The fourth-order valence-electron chi connectivity index (χ4n) is 2.36. The summed E-state index contributed by atoms with van der Waals surface area (Å²) in [7, 11) is -8.60. The van der Waals surface area contributed by atoms with Gasteiger partial charge in [0, 0.05) is 0 Å². The fraction of sp³-hybridized carbons (Fsp3) is 0. The van der Waals surface area contributed by atoms with Crippen LogP contribution in [0.25, 0.3) is 0 Å². The number of hydrogen-bond acceptors (Lipinski definition) is 4. The van der Waals surface area contributed by atoms with Crippen molar-refractivity contribution >= 4 is 31.4 Å². The Hall–Kier alpha value is -3.12. The van der Waals surface area contributed by atoms with E-state index in [9.17, 15) is 34.4 Å². The van der Waals surface area contributed by atoms with Crippen molar-refractivity contribution in [2.75, 3.05) is 9.44 Å². The van der Waals surface area contributed by atoms with Gasteiger partial charge >= 0.3 is 0 Å². The molecular formula is C18H12F4N2O4S2. The maximum absolute atomic E-state index is 13.3. The van der Waals surface area contributed by atoms with Gasteiger partial charge in [-0.2, -0.15) is 0 Å². The molecule has 0 heterocycles. The molecule has 158 valence electrons. The van der Waals surface area contributed by atoms with Crippen LogP contribution in [0, 0.1) is 23.3 Å². The van der Waals surface area contributed by atoms with Crippen LogP contribution in [-0.4, -0.2) is 16.8 Å². The molecule has 30 heavy (non-hydrogen) atoms. The van der Waals surface area contributed by atoms with Gasteiger partial charge in [0.05, 0.1) is 21.2 Å². The molecule has 0 aliphatic heterocycles. The molecule has 0 aromatic heterocycles. The Kier molecular flexibility index (Phi) is 5.72. The Morgan fingerprint density at radius 1 is 0.533 bits per heavy atom. The number of hydrogen-bond donors (Lipinski definition) is 2. The van der Waals surface area contributed by atoms with Crippen LogP contribution in [0.1, 0.15) is 0 Å². The van der Waals surface area contributed by atoms with E-state index in [4.69, 9.17) is 0 Å². The molecule has 0 atom stereocenters. The van der Waals surface area contributed by atoms with Crippen molar-refractivity contribution in [3.63, 3.8) is 0 Å². The molecule has 0 saturated heterocycles. The summed E-state index contributed by atoms with van der Waals surface area (Å²) in [6.45, 7) is 0. The molecule has 0 unspecified atom stereocenters. The first-order valence-electron chi connectivity index (χ1n) is 8.04. The molecule has 12 heteroatoms. The molecule has 2 N–H and O–H groups in total. The van der Waals surface area contributed by atoms with Gasteiger partial charge < -0.3 is 0 Å². The number of nitrogens with one attached hydrogen (secondary N) is 2. The van der Waals surface area contributed by atoms with Crippen LogP contribution < -0.4 is 9.44 Å². The lowest BCUT2D eigenvalue weighted by Gasteiger charge is -2.12. The SMILES string of the molecule is O=S(=O)(Nc1cccc(NS(=O)(=O)c2ccc(F)c(F)c2)c1)c1ccc(F)c(F)c1. The van der Waals surface area contributed by atoms with Gasteiger partial charge in [-0.1, -0.05) is 6.07 Å². The van der Waals surface area contributed by atoms with Crippen LogP contribution in [0.15, 0.2) is 70.5 Å². The van der Waals surface area contributed by atoms with Crippen molar-refractivity contribution in [1.82, 2.24) is 0 Å². The Balaban J connectivity index is 1.85. The first-order valence-corrected chi connectivity index (χ1v) is 11.0. The van der Waals surface area contributed by atoms with Crippen LogP contribution in [-0.2, 0) is 20.0 Å². The molecular weight excluding hydrogens is 448 g/mol. The smallest absolute Gasteiger partial charge is 0.262 e. The average Bonchev–Trinajstić information content (AvgIpc) is 2.65. The minimum absolute atomic E-state index is 0.0924. The standard InChI is InChI=1S/C18H12F4N2O4S2/c19-15-6-4-13(9-17(15)21)29(25,26)23-11-2-1-3-12(8-11)24-30(27,28)14-5-7-16(20)18(22)10-14/h1-10,23-24H. The lowest BCUT2D eigenvalue weighted by atomic mass is 10.3. The third-order valence-electron chi connectivity index (χ3n) is 3.77. The summed E-state index contributed by atoms with van der Waals surface area (Å²) in [6.07, 6.45) is 0. The molecule has 0 aliphatic rings. The van der Waals surface area contributed by atoms with Crippen LogP contribution in [0.3, 0.4) is 0 Å². The molecule has 3 aromatic carbocycles. The topological polar surface area (TPSA) is 92.3 Å². The van der Waals surface area contributed by atoms with Gasteiger partial charge in [-0.05, 0) is 54.6 Å². The van der Waals surface area contributed by atoms with Crippen molar-refractivity contribution < 1.29 is 34.4 Å². The second-order valence-electron chi connectivity index (χ2n) is 5.94. The van der Waals surface area contributed by atoms with Gasteiger partial charge in [0.2, 0.25) is 0 Å². The summed E-state index contributed by atoms with van der Waals surface area (Å²) in [5.74, 6) is -5.15. The monoisotopic (exact) mass is 460 g/mol. The Morgan fingerprint density at radius 2 is 0.933 bits per heavy atom. The second-order valence-corrected chi connectivity index (χ2v) is 9.31. The highest BCUT2D eigenvalue weighted by Crippen LogP contribution is 2.23. The summed E-state index contributed by atoms with van der Waals surface area (Å²) in [6, 6.07) is 8.99. The van der Waals surface area contributed by atoms with E-state index in [1.54, 1.807) is 0 Å². The zero-order valence-electron chi connectivity index (χ0n) is 14.7. The third-order valence-corrected chi connectivity index (χ3v) is 6.53. The van der Waals surface area contributed by atoms with Crippen LogP contribution in [0.5, 0.6) is 0 Å². The van der Waals surface area contributed by atoms with E-state index in [0.29, 0.717) is 24.3 Å². The largest absolute Gasteiger partial charge is 0.280 e. The van der Waals surface area contributed by atoms with Gasteiger partial charge in [0.1, 0.15) is 0 Å². The zero-order valence-corrected chi connectivity index (χ0v) is 16.4. The molecule has 0 bridgehead atoms. The van der Waals surface area contributed by atoms with E-state index < -0.39 is 53.1 Å². The van der Waals surface area contributed by atoms with Crippen LogP contribution in [0.4, 0.5) is 28.9 Å². The first kappa shape index (κ1) is 21.6. The molecule has 0 radical (unpaired) electrons. The number of benzene rings is 3. The van der Waals surface area contributed by atoms with E-state index in [-0.39, 0.29) is 11.4 Å². The molecule has 3 rings (SSSR count). The van der Waals surface area contributed by atoms with Crippen molar-refractivity contribution in [3.05, 3.63) is 83.9 Å². The van der Waals surface area contributed by atoms with E-state index in [1.165, 1.54) is 18.2 Å². The predicted molar refractivity (Wildman–Crippen MR) is 101 cm³/mol. The van der Waals surface area contributed by atoms with Gasteiger partial charge in [-0.25, -0.2) is 34.4 Å². The summed E-state index contributed by atoms with van der Waals surface area (Å²) in [5, 5.41) is 0. The maximum Gasteiger partial charge on any atom is 0.262 e. The first-order chi connectivity index (χ1) is 14.0. The molecule has 0 fully saturated rings. The van der Waals surface area contributed by atoms with E-state index in [1.807, 2.05) is 0 Å². The van der Waals surface area contributed by atoms with Crippen LogP contribution in [0.2, 0.25) is 0 Å². The fourth-order valence-corrected chi connectivity index (χ4v) is 4.48. The minimum atomic E-state index is -4.30. The lowest BCUT2D eigenvalue weighted by molar-refractivity contribution is 0.504. The van der Waals surface area contributed by atoms with Gasteiger partial charge in [-0.3, -0.25) is 9.44 Å². The molecule has 6 nitrogen and oxygen atoms in total. The van der Waals surface area contributed by atoms with E-state index in [2.05, 4.69) is 9.44 Å². The van der Waals surface area contributed by atoms with Crippen molar-refractivity contribution in [2.45, 2.75) is 9.79 Å². The average molecular weight is 460 g/mol. The van der Waals surface area contributed by atoms with Gasteiger partial charge in [-0.15, -0.1) is 0 Å². The Bertz CT molecular complexity index is 1230. The normalized spacial score (nSPS) is 11.9. The molecule has 0 saturated carbocycles. The molecule has 0 amide bonds. The lowest BCUT2D eigenvalue weighted by Crippen LogP contribution is -2.15.